The SMILES string of the molecule is Cc1ccc(C(O)(c2ccc(C)cc2)[C@H](NC(=O)C2(C(=O)N[C@H](C(C)(C)C)C(O)(c3ccc(C)cc3)c3ccc(C)cc3)CCC2)C(C)(C)C)cc1. The van der Waals surface area contributed by atoms with Gasteiger partial charge in [-0.05, 0) is 73.6 Å². The molecule has 5 rings (SSSR count). The highest BCUT2D eigenvalue weighted by atomic mass is 16.3. The quantitative estimate of drug-likeness (QED) is 0.125. The summed E-state index contributed by atoms with van der Waals surface area (Å²) in [7, 11) is 0. The fraction of sp³-hybridized carbons (Fsp3) is 0.435. The Kier molecular flexibility index (Phi) is 10.7. The second-order valence-electron chi connectivity index (χ2n) is 17.5. The van der Waals surface area contributed by atoms with Gasteiger partial charge in [0.2, 0.25) is 11.8 Å². The maximum absolute atomic E-state index is 14.8. The molecule has 2 amide bonds. The number of nitrogens with one attached hydrogen (secondary N) is 2. The summed E-state index contributed by atoms with van der Waals surface area (Å²) in [5.41, 5.74) is 0.987. The molecule has 0 bridgehead atoms. The van der Waals surface area contributed by atoms with Crippen LogP contribution in [0.4, 0.5) is 0 Å². The smallest absolute Gasteiger partial charge is 0.236 e. The molecule has 1 aliphatic rings. The molecule has 1 fully saturated rings. The Bertz CT molecular complexity index is 1630. The van der Waals surface area contributed by atoms with Crippen LogP contribution in [0.1, 0.15) is 105 Å². The summed E-state index contributed by atoms with van der Waals surface area (Å²) in [5.74, 6) is -0.841. The van der Waals surface area contributed by atoms with Crippen LogP contribution in [0.5, 0.6) is 0 Å². The highest BCUT2D eigenvalue weighted by Gasteiger charge is 2.57. The zero-order chi connectivity index (χ0) is 38.3. The molecule has 0 radical (unpaired) electrons. The Morgan fingerprint density at radius 2 is 0.731 bits per heavy atom. The van der Waals surface area contributed by atoms with Crippen LogP contribution in [-0.4, -0.2) is 34.1 Å². The maximum Gasteiger partial charge on any atom is 0.236 e. The Hall–Kier alpha value is -4.26. The van der Waals surface area contributed by atoms with Gasteiger partial charge in [0, 0.05) is 0 Å². The lowest BCUT2D eigenvalue weighted by molar-refractivity contribution is -0.155. The molecule has 4 aromatic carbocycles. The summed E-state index contributed by atoms with van der Waals surface area (Å²) in [6.07, 6.45) is 1.43. The van der Waals surface area contributed by atoms with Gasteiger partial charge in [-0.3, -0.25) is 9.59 Å². The minimum Gasteiger partial charge on any atom is -0.378 e. The molecule has 0 saturated heterocycles. The van der Waals surface area contributed by atoms with Crippen LogP contribution in [0.3, 0.4) is 0 Å². The molecular weight excluding hydrogens is 645 g/mol. The molecule has 6 nitrogen and oxygen atoms in total. The summed E-state index contributed by atoms with van der Waals surface area (Å²) in [5, 5.41) is 32.5. The van der Waals surface area contributed by atoms with E-state index >= 15 is 0 Å². The number of benzene rings is 4. The first kappa shape index (κ1) is 39.0. The van der Waals surface area contributed by atoms with Crippen molar-refractivity contribution in [2.45, 2.75) is 112 Å². The average molecular weight is 703 g/mol. The standard InChI is InChI=1S/C46H58N2O4/c1-30-12-20-34(21-13-30)45(51,35-22-14-31(2)15-23-35)38(42(5,6)7)47-40(49)44(28-11-29-44)41(50)48-39(43(8,9)10)46(52,36-24-16-32(3)17-25-36)37-26-18-33(4)19-27-37/h12-27,38-39,51-52H,11,28-29H2,1-10H3,(H,47,49)(H,48,50)/t38-,39-/m1/s1. The molecule has 1 aliphatic carbocycles. The number of carbonyl (C=O) groups excluding carboxylic acids is 2. The number of carbonyl (C=O) groups is 2. The molecule has 4 aromatic rings. The molecule has 52 heavy (non-hydrogen) atoms. The maximum atomic E-state index is 14.8. The van der Waals surface area contributed by atoms with Crippen molar-refractivity contribution in [2.75, 3.05) is 0 Å². The van der Waals surface area contributed by atoms with Crippen molar-refractivity contribution in [3.05, 3.63) is 142 Å². The molecule has 6 heteroatoms. The van der Waals surface area contributed by atoms with Crippen molar-refractivity contribution < 1.29 is 19.8 Å². The summed E-state index contributed by atoms with van der Waals surface area (Å²) in [6.45, 7) is 20.0. The van der Waals surface area contributed by atoms with Crippen LogP contribution in [-0.2, 0) is 20.8 Å². The lowest BCUT2D eigenvalue weighted by atomic mass is 9.64. The molecule has 1 saturated carbocycles. The fourth-order valence-corrected chi connectivity index (χ4v) is 7.75. The average Bonchev–Trinajstić information content (AvgIpc) is 3.05. The van der Waals surface area contributed by atoms with Crippen molar-refractivity contribution >= 4 is 11.8 Å². The normalized spacial score (nSPS) is 16.0. The Morgan fingerprint density at radius 3 is 0.904 bits per heavy atom. The van der Waals surface area contributed by atoms with Gasteiger partial charge < -0.3 is 20.8 Å². The minimum absolute atomic E-state index is 0.360. The van der Waals surface area contributed by atoms with Gasteiger partial charge in [0.25, 0.3) is 0 Å². The molecule has 4 N–H and O–H groups in total. The lowest BCUT2D eigenvalue weighted by Crippen LogP contribution is -2.66. The first-order chi connectivity index (χ1) is 24.2. The van der Waals surface area contributed by atoms with Gasteiger partial charge in [-0.2, -0.15) is 0 Å². The van der Waals surface area contributed by atoms with E-state index in [1.807, 2.05) is 166 Å². The zero-order valence-corrected chi connectivity index (χ0v) is 32.7. The van der Waals surface area contributed by atoms with E-state index in [-0.39, 0.29) is 0 Å². The van der Waals surface area contributed by atoms with E-state index in [9.17, 15) is 19.8 Å². The van der Waals surface area contributed by atoms with Crippen molar-refractivity contribution in [3.63, 3.8) is 0 Å². The number of amides is 2. The Labute approximate surface area is 311 Å². The first-order valence-corrected chi connectivity index (χ1v) is 18.6. The largest absolute Gasteiger partial charge is 0.378 e. The molecular formula is C46H58N2O4. The molecule has 276 valence electrons. The van der Waals surface area contributed by atoms with Gasteiger partial charge in [0.1, 0.15) is 16.6 Å². The molecule has 0 aromatic heterocycles. The van der Waals surface area contributed by atoms with Crippen LogP contribution in [0.15, 0.2) is 97.1 Å². The highest BCUT2D eigenvalue weighted by Crippen LogP contribution is 2.47. The summed E-state index contributed by atoms with van der Waals surface area (Å²) < 4.78 is 0. The zero-order valence-electron chi connectivity index (χ0n) is 32.7. The third-order valence-corrected chi connectivity index (χ3v) is 11.2. The lowest BCUT2D eigenvalue weighted by Gasteiger charge is -2.49. The third kappa shape index (κ3) is 7.33. The van der Waals surface area contributed by atoms with Gasteiger partial charge in [-0.1, -0.05) is 167 Å². The first-order valence-electron chi connectivity index (χ1n) is 18.6. The second kappa shape index (κ2) is 14.3. The van der Waals surface area contributed by atoms with E-state index in [4.69, 9.17) is 0 Å². The predicted molar refractivity (Wildman–Crippen MR) is 210 cm³/mol. The number of hydrogen-bond donors (Lipinski definition) is 4. The Balaban J connectivity index is 1.57. The van der Waals surface area contributed by atoms with Crippen molar-refractivity contribution in [1.82, 2.24) is 10.6 Å². The topological polar surface area (TPSA) is 98.7 Å². The summed E-state index contributed by atoms with van der Waals surface area (Å²) in [4.78, 5) is 29.6. The van der Waals surface area contributed by atoms with Crippen molar-refractivity contribution in [2.24, 2.45) is 16.2 Å². The van der Waals surface area contributed by atoms with Gasteiger partial charge in [-0.15, -0.1) is 0 Å². The van der Waals surface area contributed by atoms with Crippen molar-refractivity contribution in [1.29, 1.82) is 0 Å². The summed E-state index contributed by atoms with van der Waals surface area (Å²) >= 11 is 0. The molecule has 2 atom stereocenters. The molecule has 0 spiro atoms. The van der Waals surface area contributed by atoms with Gasteiger partial charge in [0.15, 0.2) is 0 Å². The van der Waals surface area contributed by atoms with Crippen LogP contribution in [0.25, 0.3) is 0 Å². The van der Waals surface area contributed by atoms with Gasteiger partial charge >= 0.3 is 0 Å². The van der Waals surface area contributed by atoms with Crippen LogP contribution >= 0.6 is 0 Å². The fourth-order valence-electron chi connectivity index (χ4n) is 7.75. The van der Waals surface area contributed by atoms with Crippen LogP contribution < -0.4 is 10.6 Å². The number of aryl methyl sites for hydroxylation is 4. The van der Waals surface area contributed by atoms with Crippen LogP contribution in [0.2, 0.25) is 0 Å². The van der Waals surface area contributed by atoms with E-state index in [1.54, 1.807) is 0 Å². The summed E-state index contributed by atoms with van der Waals surface area (Å²) in [6, 6.07) is 29.4. The van der Waals surface area contributed by atoms with Crippen LogP contribution in [0, 0.1) is 43.9 Å². The highest BCUT2D eigenvalue weighted by molar-refractivity contribution is 6.06. The Morgan fingerprint density at radius 1 is 0.500 bits per heavy atom. The number of aliphatic hydroxyl groups is 2. The van der Waals surface area contributed by atoms with E-state index in [0.29, 0.717) is 41.5 Å². The van der Waals surface area contributed by atoms with Crippen molar-refractivity contribution in [3.8, 4) is 0 Å². The molecule has 0 aliphatic heterocycles. The third-order valence-electron chi connectivity index (χ3n) is 11.2. The van der Waals surface area contributed by atoms with E-state index in [0.717, 1.165) is 22.3 Å². The number of rotatable bonds is 10. The van der Waals surface area contributed by atoms with Gasteiger partial charge in [-0.25, -0.2) is 0 Å². The monoisotopic (exact) mass is 702 g/mol. The van der Waals surface area contributed by atoms with Gasteiger partial charge in [0.05, 0.1) is 12.1 Å². The van der Waals surface area contributed by atoms with E-state index in [1.165, 1.54) is 0 Å². The molecule has 0 heterocycles. The second-order valence-corrected chi connectivity index (χ2v) is 17.5. The van der Waals surface area contributed by atoms with E-state index in [2.05, 4.69) is 10.6 Å². The minimum atomic E-state index is -1.61. The van der Waals surface area contributed by atoms with E-state index < -0.39 is 51.3 Å². The molecule has 0 unspecified atom stereocenters. The number of hydrogen-bond acceptors (Lipinski definition) is 4. The predicted octanol–water partition coefficient (Wildman–Crippen LogP) is 8.32.